The average molecular weight is 222 g/mol. The van der Waals surface area contributed by atoms with Crippen molar-refractivity contribution >= 4 is 11.6 Å². The molecule has 0 aromatic heterocycles. The van der Waals surface area contributed by atoms with Gasteiger partial charge in [0.05, 0.1) is 0 Å². The van der Waals surface area contributed by atoms with Gasteiger partial charge in [-0.05, 0) is 31.7 Å². The van der Waals surface area contributed by atoms with E-state index < -0.39 is 6.04 Å². The summed E-state index contributed by atoms with van der Waals surface area (Å²) >= 11 is 0. The monoisotopic (exact) mass is 222 g/mol. The van der Waals surface area contributed by atoms with Crippen molar-refractivity contribution in [2.75, 3.05) is 18.5 Å². The third-order valence-electron chi connectivity index (χ3n) is 2.84. The molecule has 0 radical (unpaired) electrons. The molecule has 0 aliphatic carbocycles. The van der Waals surface area contributed by atoms with Gasteiger partial charge in [0.2, 0.25) is 5.91 Å². The van der Waals surface area contributed by atoms with E-state index in [1.807, 2.05) is 6.92 Å². The molecule has 1 heterocycles. The van der Waals surface area contributed by atoms with Crippen molar-refractivity contribution < 1.29 is 9.18 Å². The lowest BCUT2D eigenvalue weighted by Crippen LogP contribution is -2.33. The maximum atomic E-state index is 13.2. The minimum Gasteiger partial charge on any atom is -0.310 e. The Balaban J connectivity index is 2.46. The first kappa shape index (κ1) is 11.1. The van der Waals surface area contributed by atoms with Gasteiger partial charge >= 0.3 is 0 Å². The molecule has 0 spiro atoms. The number of nitrogens with zero attached hydrogens (tertiary/aromatic N) is 1. The fourth-order valence-electron chi connectivity index (χ4n) is 2.14. The molecule has 0 saturated carbocycles. The number of rotatable bonds is 3. The van der Waals surface area contributed by atoms with Crippen molar-refractivity contribution in [2.24, 2.45) is 0 Å². The summed E-state index contributed by atoms with van der Waals surface area (Å²) in [6.45, 7) is 2.69. The number of hydrogen-bond donors (Lipinski definition) is 1. The highest BCUT2D eigenvalue weighted by atomic mass is 19.1. The molecule has 1 aromatic carbocycles. The fourth-order valence-corrected chi connectivity index (χ4v) is 2.14. The molecule has 0 saturated heterocycles. The minimum absolute atomic E-state index is 0.00458. The number of carbonyl (C=O) groups excluding carboxylic acids is 1. The Hall–Kier alpha value is -1.42. The third kappa shape index (κ3) is 1.59. The van der Waals surface area contributed by atoms with Crippen LogP contribution >= 0.6 is 0 Å². The molecule has 1 unspecified atom stereocenters. The van der Waals surface area contributed by atoms with E-state index in [1.165, 1.54) is 12.1 Å². The van der Waals surface area contributed by atoms with Crippen molar-refractivity contribution in [1.29, 1.82) is 0 Å². The SMILES string of the molecule is CCCN1C(=O)C(NC)c2cc(F)ccc21. The van der Waals surface area contributed by atoms with Crippen LogP contribution in [-0.4, -0.2) is 19.5 Å². The van der Waals surface area contributed by atoms with Crippen LogP contribution < -0.4 is 10.2 Å². The van der Waals surface area contributed by atoms with Crippen LogP contribution in [0.4, 0.5) is 10.1 Å². The smallest absolute Gasteiger partial charge is 0.248 e. The molecule has 1 amide bonds. The fraction of sp³-hybridized carbons (Fsp3) is 0.417. The maximum absolute atomic E-state index is 13.2. The van der Waals surface area contributed by atoms with Crippen LogP contribution in [0.2, 0.25) is 0 Å². The summed E-state index contributed by atoms with van der Waals surface area (Å²) in [5, 5.41) is 2.93. The molecule has 1 aliphatic heterocycles. The maximum Gasteiger partial charge on any atom is 0.248 e. The highest BCUT2D eigenvalue weighted by Gasteiger charge is 2.35. The summed E-state index contributed by atoms with van der Waals surface area (Å²) in [7, 11) is 1.71. The van der Waals surface area contributed by atoms with Crippen molar-refractivity contribution in [3.63, 3.8) is 0 Å². The molecule has 1 atom stereocenters. The van der Waals surface area contributed by atoms with E-state index in [0.29, 0.717) is 6.54 Å². The van der Waals surface area contributed by atoms with E-state index in [9.17, 15) is 9.18 Å². The molecule has 4 heteroatoms. The summed E-state index contributed by atoms with van der Waals surface area (Å²) in [4.78, 5) is 13.8. The molecule has 16 heavy (non-hydrogen) atoms. The molecule has 2 rings (SSSR count). The number of anilines is 1. The minimum atomic E-state index is -0.405. The highest BCUT2D eigenvalue weighted by molar-refractivity contribution is 6.04. The van der Waals surface area contributed by atoms with E-state index in [2.05, 4.69) is 5.32 Å². The Labute approximate surface area is 94.3 Å². The lowest BCUT2D eigenvalue weighted by atomic mass is 10.1. The Morgan fingerprint density at radius 3 is 2.88 bits per heavy atom. The summed E-state index contributed by atoms with van der Waals surface area (Å²) in [6.07, 6.45) is 0.888. The number of halogens is 1. The van der Waals surface area contributed by atoms with Crippen molar-refractivity contribution in [3.8, 4) is 0 Å². The number of nitrogens with one attached hydrogen (secondary N) is 1. The quantitative estimate of drug-likeness (QED) is 0.846. The van der Waals surface area contributed by atoms with Crippen molar-refractivity contribution in [3.05, 3.63) is 29.6 Å². The van der Waals surface area contributed by atoms with Crippen LogP contribution in [0.1, 0.15) is 24.9 Å². The highest BCUT2D eigenvalue weighted by Crippen LogP contribution is 2.35. The van der Waals surface area contributed by atoms with Gasteiger partial charge in [0.1, 0.15) is 11.9 Å². The first-order valence-electron chi connectivity index (χ1n) is 5.47. The second kappa shape index (κ2) is 4.22. The van der Waals surface area contributed by atoms with E-state index >= 15 is 0 Å². The molecule has 0 bridgehead atoms. The van der Waals surface area contributed by atoms with Crippen molar-refractivity contribution in [1.82, 2.24) is 5.32 Å². The van der Waals surface area contributed by atoms with E-state index in [-0.39, 0.29) is 11.7 Å². The zero-order valence-corrected chi connectivity index (χ0v) is 9.46. The van der Waals surface area contributed by atoms with Crippen LogP contribution in [0.5, 0.6) is 0 Å². The van der Waals surface area contributed by atoms with Gasteiger partial charge in [0.25, 0.3) is 0 Å². The van der Waals surface area contributed by atoms with E-state index in [0.717, 1.165) is 17.7 Å². The van der Waals surface area contributed by atoms with Crippen LogP contribution in [0.15, 0.2) is 18.2 Å². The van der Waals surface area contributed by atoms with Gasteiger partial charge in [-0.2, -0.15) is 0 Å². The number of likely N-dealkylation sites (N-methyl/N-ethyl adjacent to an activating group) is 1. The topological polar surface area (TPSA) is 32.3 Å². The number of hydrogen-bond acceptors (Lipinski definition) is 2. The molecular formula is C12H15FN2O. The molecular weight excluding hydrogens is 207 g/mol. The summed E-state index contributed by atoms with van der Waals surface area (Å²) in [6, 6.07) is 4.10. The largest absolute Gasteiger partial charge is 0.310 e. The van der Waals surface area contributed by atoms with Crippen LogP contribution in [0, 0.1) is 5.82 Å². The number of carbonyl (C=O) groups is 1. The number of benzene rings is 1. The lowest BCUT2D eigenvalue weighted by Gasteiger charge is -2.16. The molecule has 1 aliphatic rings. The van der Waals surface area contributed by atoms with Crippen LogP contribution in [0.25, 0.3) is 0 Å². The Morgan fingerprint density at radius 2 is 2.25 bits per heavy atom. The van der Waals surface area contributed by atoms with Gasteiger partial charge in [0.15, 0.2) is 0 Å². The molecule has 86 valence electrons. The number of amides is 1. The molecule has 3 nitrogen and oxygen atoms in total. The first-order chi connectivity index (χ1) is 7.69. The van der Waals surface area contributed by atoms with Gasteiger partial charge in [-0.3, -0.25) is 4.79 Å². The molecule has 1 N–H and O–H groups in total. The number of fused-ring (bicyclic) bond motifs is 1. The van der Waals surface area contributed by atoms with E-state index in [4.69, 9.17) is 0 Å². The summed E-state index contributed by atoms with van der Waals surface area (Å²) < 4.78 is 13.2. The Kier molecular flexibility index (Phi) is 2.92. The first-order valence-corrected chi connectivity index (χ1v) is 5.47. The standard InChI is InChI=1S/C12H15FN2O/c1-3-6-15-10-5-4-8(13)7-9(10)11(14-2)12(15)16/h4-5,7,11,14H,3,6H2,1-2H3. The summed E-state index contributed by atoms with van der Waals surface area (Å²) in [5.41, 5.74) is 1.56. The van der Waals surface area contributed by atoms with Gasteiger partial charge in [-0.1, -0.05) is 6.92 Å². The van der Waals surface area contributed by atoms with Gasteiger partial charge in [-0.15, -0.1) is 0 Å². The Morgan fingerprint density at radius 1 is 1.50 bits per heavy atom. The predicted octanol–water partition coefficient (Wildman–Crippen LogP) is 1.84. The van der Waals surface area contributed by atoms with E-state index in [1.54, 1.807) is 18.0 Å². The summed E-state index contributed by atoms with van der Waals surface area (Å²) in [5.74, 6) is -0.296. The van der Waals surface area contributed by atoms with Crippen LogP contribution in [0.3, 0.4) is 0 Å². The average Bonchev–Trinajstić information content (AvgIpc) is 2.52. The second-order valence-electron chi connectivity index (χ2n) is 3.91. The van der Waals surface area contributed by atoms with Gasteiger partial charge in [-0.25, -0.2) is 4.39 Å². The van der Waals surface area contributed by atoms with Gasteiger partial charge in [0, 0.05) is 17.8 Å². The normalized spacial score (nSPS) is 19.1. The Bertz CT molecular complexity index is 419. The molecule has 1 aromatic rings. The third-order valence-corrected chi connectivity index (χ3v) is 2.84. The van der Waals surface area contributed by atoms with Crippen LogP contribution in [-0.2, 0) is 4.79 Å². The zero-order chi connectivity index (χ0) is 11.7. The molecule has 0 fully saturated rings. The van der Waals surface area contributed by atoms with Gasteiger partial charge < -0.3 is 10.2 Å². The van der Waals surface area contributed by atoms with Crippen molar-refractivity contribution in [2.45, 2.75) is 19.4 Å². The zero-order valence-electron chi connectivity index (χ0n) is 9.46. The second-order valence-corrected chi connectivity index (χ2v) is 3.91. The predicted molar refractivity (Wildman–Crippen MR) is 60.8 cm³/mol. The lowest BCUT2D eigenvalue weighted by molar-refractivity contribution is -0.119.